The Bertz CT molecular complexity index is 1060. The molecular weight excluding hydrogens is 404 g/mol. The fraction of sp³-hybridized carbons (Fsp3) is 0.190. The third-order valence-corrected chi connectivity index (χ3v) is 4.22. The Kier molecular flexibility index (Phi) is 6.61. The van der Waals surface area contributed by atoms with Crippen LogP contribution >= 0.6 is 0 Å². The molecule has 0 saturated heterocycles. The van der Waals surface area contributed by atoms with Gasteiger partial charge in [-0.25, -0.2) is 4.98 Å². The molecule has 0 aliphatic rings. The van der Waals surface area contributed by atoms with E-state index in [4.69, 9.17) is 29.4 Å². The molecule has 0 unspecified atom stereocenters. The average molecular weight is 426 g/mol. The number of nitrogens with two attached hydrogens (primary N) is 1. The minimum atomic E-state index is -0.732. The Balaban J connectivity index is 1.98. The van der Waals surface area contributed by atoms with Gasteiger partial charge in [0.25, 0.3) is 5.91 Å². The zero-order valence-corrected chi connectivity index (χ0v) is 17.5. The van der Waals surface area contributed by atoms with Crippen molar-refractivity contribution in [3.63, 3.8) is 0 Å². The minimum absolute atomic E-state index is 0.0151. The lowest BCUT2D eigenvalue weighted by Gasteiger charge is -2.15. The number of nitrogens with zero attached hydrogens (tertiary/aromatic N) is 2. The van der Waals surface area contributed by atoms with Gasteiger partial charge in [0.1, 0.15) is 5.56 Å². The summed E-state index contributed by atoms with van der Waals surface area (Å²) in [7, 11) is 6.05. The molecule has 162 valence electrons. The second-order valence-electron chi connectivity index (χ2n) is 6.07. The second kappa shape index (κ2) is 9.53. The van der Waals surface area contributed by atoms with Crippen molar-refractivity contribution in [1.29, 1.82) is 0 Å². The SMILES string of the molecule is COc1ccccc1Oc1nc(Nc2cc(OC)c(OC)c(OC)c2)ncc1C(N)=O. The van der Waals surface area contributed by atoms with Crippen LogP contribution in [0.25, 0.3) is 0 Å². The van der Waals surface area contributed by atoms with Crippen molar-refractivity contribution < 1.29 is 28.5 Å². The van der Waals surface area contributed by atoms with Gasteiger partial charge in [0.05, 0.1) is 28.4 Å². The Morgan fingerprint density at radius 3 is 2.06 bits per heavy atom. The highest BCUT2D eigenvalue weighted by atomic mass is 16.5. The van der Waals surface area contributed by atoms with Crippen LogP contribution in [0.5, 0.6) is 34.6 Å². The smallest absolute Gasteiger partial charge is 0.255 e. The van der Waals surface area contributed by atoms with Gasteiger partial charge in [0.15, 0.2) is 23.0 Å². The van der Waals surface area contributed by atoms with Gasteiger partial charge in [-0.15, -0.1) is 0 Å². The topological polar surface area (TPSA) is 127 Å². The number of carbonyl (C=O) groups excluding carboxylic acids is 1. The summed E-state index contributed by atoms with van der Waals surface area (Å²) in [5.41, 5.74) is 6.03. The number of primary amides is 1. The van der Waals surface area contributed by atoms with Gasteiger partial charge in [-0.05, 0) is 12.1 Å². The van der Waals surface area contributed by atoms with Crippen molar-refractivity contribution >= 4 is 17.5 Å². The standard InChI is InChI=1S/C21H22N4O6/c1-27-14-7-5-6-8-15(14)31-20-13(19(22)26)11-23-21(25-20)24-12-9-16(28-2)18(30-4)17(10-12)29-3/h5-11H,1-4H3,(H2,22,26)(H,23,24,25). The van der Waals surface area contributed by atoms with E-state index in [1.807, 2.05) is 0 Å². The molecule has 10 nitrogen and oxygen atoms in total. The Morgan fingerprint density at radius 1 is 0.903 bits per heavy atom. The van der Waals surface area contributed by atoms with E-state index in [0.29, 0.717) is 34.4 Å². The maximum Gasteiger partial charge on any atom is 0.255 e. The van der Waals surface area contributed by atoms with Crippen LogP contribution in [0.2, 0.25) is 0 Å². The number of benzene rings is 2. The van der Waals surface area contributed by atoms with E-state index >= 15 is 0 Å². The van der Waals surface area contributed by atoms with Crippen LogP contribution in [0.15, 0.2) is 42.6 Å². The highest BCUT2D eigenvalue weighted by Gasteiger charge is 2.18. The van der Waals surface area contributed by atoms with E-state index in [1.165, 1.54) is 34.6 Å². The van der Waals surface area contributed by atoms with Gasteiger partial charge in [0, 0.05) is 24.0 Å². The minimum Gasteiger partial charge on any atom is -0.493 e. The summed E-state index contributed by atoms with van der Waals surface area (Å²) < 4.78 is 27.1. The molecule has 0 aliphatic carbocycles. The van der Waals surface area contributed by atoms with Crippen molar-refractivity contribution in [3.05, 3.63) is 48.2 Å². The molecule has 0 radical (unpaired) electrons. The number of aromatic nitrogens is 2. The zero-order chi connectivity index (χ0) is 22.4. The fourth-order valence-electron chi connectivity index (χ4n) is 2.76. The van der Waals surface area contributed by atoms with Crippen molar-refractivity contribution in [1.82, 2.24) is 9.97 Å². The van der Waals surface area contributed by atoms with Gasteiger partial charge >= 0.3 is 0 Å². The van der Waals surface area contributed by atoms with Crippen LogP contribution in [0, 0.1) is 0 Å². The number of ether oxygens (including phenoxy) is 5. The average Bonchev–Trinajstić information content (AvgIpc) is 2.78. The summed E-state index contributed by atoms with van der Waals surface area (Å²) in [5.74, 6) is 1.57. The molecule has 0 atom stereocenters. The van der Waals surface area contributed by atoms with Crippen LogP contribution in [-0.2, 0) is 0 Å². The number of hydrogen-bond acceptors (Lipinski definition) is 9. The van der Waals surface area contributed by atoms with Crippen molar-refractivity contribution in [2.24, 2.45) is 5.73 Å². The summed E-state index contributed by atoms with van der Waals surface area (Å²) in [4.78, 5) is 20.3. The first-order chi connectivity index (χ1) is 15.0. The lowest BCUT2D eigenvalue weighted by Crippen LogP contribution is -2.14. The molecule has 3 N–H and O–H groups in total. The molecule has 3 aromatic rings. The quantitative estimate of drug-likeness (QED) is 0.530. The molecule has 0 bridgehead atoms. The molecular formula is C21H22N4O6. The summed E-state index contributed by atoms with van der Waals surface area (Å²) in [5, 5.41) is 3.02. The molecule has 1 aromatic heterocycles. The van der Waals surface area contributed by atoms with Crippen LogP contribution < -0.4 is 34.7 Å². The normalized spacial score (nSPS) is 10.2. The Labute approximate surface area is 178 Å². The van der Waals surface area contributed by atoms with E-state index in [0.717, 1.165) is 0 Å². The fourth-order valence-corrected chi connectivity index (χ4v) is 2.76. The molecule has 0 fully saturated rings. The number of carbonyl (C=O) groups is 1. The first kappa shape index (κ1) is 21.5. The summed E-state index contributed by atoms with van der Waals surface area (Å²) in [6, 6.07) is 10.3. The molecule has 0 aliphatic heterocycles. The van der Waals surface area contributed by atoms with E-state index in [2.05, 4.69) is 15.3 Å². The number of nitrogens with one attached hydrogen (secondary N) is 1. The largest absolute Gasteiger partial charge is 0.493 e. The predicted molar refractivity (Wildman–Crippen MR) is 113 cm³/mol. The molecule has 1 amide bonds. The highest BCUT2D eigenvalue weighted by molar-refractivity contribution is 5.95. The van der Waals surface area contributed by atoms with Gasteiger partial charge < -0.3 is 34.7 Å². The van der Waals surface area contributed by atoms with E-state index in [9.17, 15) is 4.79 Å². The van der Waals surface area contributed by atoms with Crippen LogP contribution in [0.1, 0.15) is 10.4 Å². The van der Waals surface area contributed by atoms with Crippen LogP contribution in [-0.4, -0.2) is 44.3 Å². The Morgan fingerprint density at radius 2 is 1.52 bits per heavy atom. The lowest BCUT2D eigenvalue weighted by molar-refractivity contribution is 0.0997. The third kappa shape index (κ3) is 4.69. The third-order valence-electron chi connectivity index (χ3n) is 4.22. The van der Waals surface area contributed by atoms with E-state index < -0.39 is 5.91 Å². The molecule has 10 heteroatoms. The molecule has 0 saturated carbocycles. The number of rotatable bonds is 9. The van der Waals surface area contributed by atoms with E-state index in [-0.39, 0.29) is 17.4 Å². The molecule has 31 heavy (non-hydrogen) atoms. The van der Waals surface area contributed by atoms with Gasteiger partial charge in [0.2, 0.25) is 17.6 Å². The van der Waals surface area contributed by atoms with Crippen molar-refractivity contribution in [2.45, 2.75) is 0 Å². The summed E-state index contributed by atoms with van der Waals surface area (Å²) in [6.45, 7) is 0. The van der Waals surface area contributed by atoms with Gasteiger partial charge in [-0.1, -0.05) is 12.1 Å². The lowest BCUT2D eigenvalue weighted by atomic mass is 10.2. The highest BCUT2D eigenvalue weighted by Crippen LogP contribution is 2.40. The molecule has 0 spiro atoms. The molecule has 2 aromatic carbocycles. The van der Waals surface area contributed by atoms with E-state index in [1.54, 1.807) is 36.4 Å². The second-order valence-corrected chi connectivity index (χ2v) is 6.07. The maximum atomic E-state index is 11.8. The maximum absolute atomic E-state index is 11.8. The number of para-hydroxylation sites is 2. The van der Waals surface area contributed by atoms with Crippen LogP contribution in [0.4, 0.5) is 11.6 Å². The van der Waals surface area contributed by atoms with Crippen LogP contribution in [0.3, 0.4) is 0 Å². The number of amides is 1. The number of hydrogen-bond donors (Lipinski definition) is 2. The van der Waals surface area contributed by atoms with Gasteiger partial charge in [-0.2, -0.15) is 4.98 Å². The predicted octanol–water partition coefficient (Wildman–Crippen LogP) is 3.15. The zero-order valence-electron chi connectivity index (χ0n) is 17.5. The number of anilines is 2. The summed E-state index contributed by atoms with van der Waals surface area (Å²) in [6.07, 6.45) is 1.28. The van der Waals surface area contributed by atoms with Crippen molar-refractivity contribution in [2.75, 3.05) is 33.8 Å². The summed E-state index contributed by atoms with van der Waals surface area (Å²) >= 11 is 0. The van der Waals surface area contributed by atoms with Gasteiger partial charge in [-0.3, -0.25) is 4.79 Å². The van der Waals surface area contributed by atoms with Crippen molar-refractivity contribution in [3.8, 4) is 34.6 Å². The first-order valence-corrected chi connectivity index (χ1v) is 9.05. The monoisotopic (exact) mass is 426 g/mol. The first-order valence-electron chi connectivity index (χ1n) is 9.05. The number of methoxy groups -OCH3 is 4. The molecule has 3 rings (SSSR count). The Hall–Kier alpha value is -4.21. The molecule has 1 heterocycles.